The van der Waals surface area contributed by atoms with E-state index in [9.17, 15) is 4.79 Å². The Kier molecular flexibility index (Phi) is 5.58. The van der Waals surface area contributed by atoms with Crippen LogP contribution in [0.2, 0.25) is 0 Å². The van der Waals surface area contributed by atoms with Gasteiger partial charge in [0.2, 0.25) is 0 Å². The van der Waals surface area contributed by atoms with Gasteiger partial charge >= 0.3 is 5.97 Å². The van der Waals surface area contributed by atoms with Gasteiger partial charge < -0.3 is 18.6 Å². The van der Waals surface area contributed by atoms with Gasteiger partial charge in [-0.25, -0.2) is 4.98 Å². The number of hydrogen-bond donors (Lipinski definition) is 0. The molecule has 28 heavy (non-hydrogen) atoms. The topological polar surface area (TPSA) is 70.8 Å². The number of aromatic nitrogens is 1. The molecule has 0 bridgehead atoms. The molecule has 3 aromatic rings. The fourth-order valence-electron chi connectivity index (χ4n) is 3.46. The number of carbonyl (C=O) groups is 1. The largest absolute Gasteiger partial charge is 0.468 e. The molecule has 0 unspecified atom stereocenters. The van der Waals surface area contributed by atoms with Crippen molar-refractivity contribution in [1.29, 1.82) is 0 Å². The number of para-hydroxylation sites is 1. The number of hydrogen-bond acceptors (Lipinski definition) is 6. The lowest BCUT2D eigenvalue weighted by Crippen LogP contribution is -2.12. The minimum absolute atomic E-state index is 0.267. The quantitative estimate of drug-likeness (QED) is 0.337. The highest BCUT2D eigenvalue weighted by Gasteiger charge is 2.15. The minimum Gasteiger partial charge on any atom is -0.468 e. The van der Waals surface area contributed by atoms with Crippen molar-refractivity contribution in [2.45, 2.75) is 45.1 Å². The van der Waals surface area contributed by atoms with E-state index < -0.39 is 0 Å². The SMILES string of the molecule is CC(=O)Oc1cccc2oc(Cc3cccc(OCOC4CCCC4)c3)nc12. The van der Waals surface area contributed by atoms with Crippen molar-refractivity contribution >= 4 is 17.1 Å². The van der Waals surface area contributed by atoms with Gasteiger partial charge in [0.25, 0.3) is 0 Å². The minimum atomic E-state index is -0.387. The van der Waals surface area contributed by atoms with Gasteiger partial charge in [0.1, 0.15) is 5.75 Å². The number of oxazole rings is 1. The summed E-state index contributed by atoms with van der Waals surface area (Å²) in [5.41, 5.74) is 2.15. The molecule has 6 nitrogen and oxygen atoms in total. The summed E-state index contributed by atoms with van der Waals surface area (Å²) in [6, 6.07) is 13.1. The van der Waals surface area contributed by atoms with Crippen molar-refractivity contribution in [3.05, 3.63) is 53.9 Å². The molecule has 1 aliphatic rings. The van der Waals surface area contributed by atoms with Crippen LogP contribution >= 0.6 is 0 Å². The molecule has 1 aliphatic carbocycles. The fraction of sp³-hybridized carbons (Fsp3) is 0.364. The average molecular weight is 381 g/mol. The molecule has 6 heteroatoms. The Morgan fingerprint density at radius 1 is 1.18 bits per heavy atom. The Labute approximate surface area is 163 Å². The summed E-state index contributed by atoms with van der Waals surface area (Å²) in [5.74, 6) is 1.32. The first-order valence-electron chi connectivity index (χ1n) is 9.57. The van der Waals surface area contributed by atoms with Crippen LogP contribution in [0.3, 0.4) is 0 Å². The number of fused-ring (bicyclic) bond motifs is 1. The first kappa shape index (κ1) is 18.5. The van der Waals surface area contributed by atoms with Crippen LogP contribution in [0.4, 0.5) is 0 Å². The third-order valence-corrected chi connectivity index (χ3v) is 4.77. The highest BCUT2D eigenvalue weighted by atomic mass is 16.7. The lowest BCUT2D eigenvalue weighted by Gasteiger charge is -2.12. The third-order valence-electron chi connectivity index (χ3n) is 4.77. The van der Waals surface area contributed by atoms with Gasteiger partial charge in [-0.2, -0.15) is 0 Å². The van der Waals surface area contributed by atoms with Crippen molar-refractivity contribution < 1.29 is 23.4 Å². The number of ether oxygens (including phenoxy) is 3. The van der Waals surface area contributed by atoms with E-state index in [1.165, 1.54) is 19.8 Å². The summed E-state index contributed by atoms with van der Waals surface area (Å²) in [6.07, 6.45) is 5.56. The van der Waals surface area contributed by atoms with Crippen LogP contribution < -0.4 is 9.47 Å². The maximum Gasteiger partial charge on any atom is 0.308 e. The fourth-order valence-corrected chi connectivity index (χ4v) is 3.46. The molecule has 146 valence electrons. The van der Waals surface area contributed by atoms with E-state index in [0.29, 0.717) is 35.3 Å². The Hall–Kier alpha value is -2.86. The molecule has 1 saturated carbocycles. The standard InChI is InChI=1S/C22H23NO5/c1-15(24)27-19-10-5-11-20-22(19)23-21(28-20)13-16-6-4-9-18(12-16)26-14-25-17-7-2-3-8-17/h4-6,9-12,17H,2-3,7-8,13-14H2,1H3. The second kappa shape index (κ2) is 8.44. The summed E-state index contributed by atoms with van der Waals surface area (Å²) >= 11 is 0. The van der Waals surface area contributed by atoms with Gasteiger partial charge in [-0.05, 0) is 42.7 Å². The van der Waals surface area contributed by atoms with Crippen LogP contribution in [-0.2, 0) is 16.0 Å². The van der Waals surface area contributed by atoms with Gasteiger partial charge in [-0.1, -0.05) is 31.0 Å². The van der Waals surface area contributed by atoms with Gasteiger partial charge in [-0.15, -0.1) is 0 Å². The predicted octanol–water partition coefficient (Wildman–Crippen LogP) is 4.64. The molecule has 1 heterocycles. The van der Waals surface area contributed by atoms with E-state index in [0.717, 1.165) is 24.2 Å². The molecular formula is C22H23NO5. The van der Waals surface area contributed by atoms with E-state index in [1.807, 2.05) is 24.3 Å². The van der Waals surface area contributed by atoms with Crippen LogP contribution in [0.25, 0.3) is 11.1 Å². The molecule has 1 fully saturated rings. The molecule has 0 spiro atoms. The van der Waals surface area contributed by atoms with Crippen LogP contribution in [0.15, 0.2) is 46.9 Å². The molecule has 0 radical (unpaired) electrons. The average Bonchev–Trinajstić information content (AvgIpc) is 3.31. The van der Waals surface area contributed by atoms with E-state index >= 15 is 0 Å². The zero-order valence-electron chi connectivity index (χ0n) is 15.8. The van der Waals surface area contributed by atoms with Gasteiger partial charge in [0.15, 0.2) is 29.5 Å². The van der Waals surface area contributed by atoms with Crippen LogP contribution in [-0.4, -0.2) is 23.9 Å². The Bertz CT molecular complexity index is 958. The zero-order valence-corrected chi connectivity index (χ0v) is 15.8. The zero-order chi connectivity index (χ0) is 19.3. The van der Waals surface area contributed by atoms with Gasteiger partial charge in [0.05, 0.1) is 6.10 Å². The second-order valence-corrected chi connectivity index (χ2v) is 6.96. The summed E-state index contributed by atoms with van der Waals surface area (Å²) in [5, 5.41) is 0. The Morgan fingerprint density at radius 3 is 2.82 bits per heavy atom. The molecule has 0 atom stereocenters. The van der Waals surface area contributed by atoms with E-state index in [-0.39, 0.29) is 12.8 Å². The van der Waals surface area contributed by atoms with Crippen molar-refractivity contribution in [2.75, 3.05) is 6.79 Å². The van der Waals surface area contributed by atoms with E-state index in [4.69, 9.17) is 18.6 Å². The summed E-state index contributed by atoms with van der Waals surface area (Å²) in [7, 11) is 0. The highest BCUT2D eigenvalue weighted by molar-refractivity contribution is 5.83. The predicted molar refractivity (Wildman–Crippen MR) is 103 cm³/mol. The molecule has 2 aromatic carbocycles. The molecule has 0 N–H and O–H groups in total. The van der Waals surface area contributed by atoms with E-state index in [1.54, 1.807) is 18.2 Å². The highest BCUT2D eigenvalue weighted by Crippen LogP contribution is 2.27. The monoisotopic (exact) mass is 381 g/mol. The number of rotatable bonds is 7. The van der Waals surface area contributed by atoms with Gasteiger partial charge in [-0.3, -0.25) is 4.79 Å². The second-order valence-electron chi connectivity index (χ2n) is 6.96. The summed E-state index contributed by atoms with van der Waals surface area (Å²) in [6.45, 7) is 1.63. The summed E-state index contributed by atoms with van der Waals surface area (Å²) < 4.78 is 22.5. The smallest absolute Gasteiger partial charge is 0.308 e. The number of carbonyl (C=O) groups excluding carboxylic acids is 1. The lowest BCUT2D eigenvalue weighted by molar-refractivity contribution is -0.131. The number of nitrogens with zero attached hydrogens (tertiary/aromatic N) is 1. The normalized spacial score (nSPS) is 14.5. The molecular weight excluding hydrogens is 358 g/mol. The first-order chi connectivity index (χ1) is 13.7. The molecule has 4 rings (SSSR count). The van der Waals surface area contributed by atoms with Gasteiger partial charge in [0, 0.05) is 13.3 Å². The molecule has 0 saturated heterocycles. The van der Waals surface area contributed by atoms with Crippen LogP contribution in [0, 0.1) is 0 Å². The lowest BCUT2D eigenvalue weighted by atomic mass is 10.1. The van der Waals surface area contributed by atoms with E-state index in [2.05, 4.69) is 4.98 Å². The Morgan fingerprint density at radius 2 is 2.00 bits per heavy atom. The molecule has 1 aromatic heterocycles. The van der Waals surface area contributed by atoms with Crippen LogP contribution in [0.5, 0.6) is 11.5 Å². The molecule has 0 amide bonds. The molecule has 0 aliphatic heterocycles. The maximum absolute atomic E-state index is 11.3. The maximum atomic E-state index is 11.3. The van der Waals surface area contributed by atoms with Crippen LogP contribution in [0.1, 0.15) is 44.1 Å². The summed E-state index contributed by atoms with van der Waals surface area (Å²) in [4.78, 5) is 15.8. The van der Waals surface area contributed by atoms with Crippen molar-refractivity contribution in [3.63, 3.8) is 0 Å². The Balaban J connectivity index is 1.43. The van der Waals surface area contributed by atoms with Crippen molar-refractivity contribution in [1.82, 2.24) is 4.98 Å². The third kappa shape index (κ3) is 4.51. The van der Waals surface area contributed by atoms with Crippen molar-refractivity contribution in [3.8, 4) is 11.5 Å². The number of benzene rings is 2. The first-order valence-corrected chi connectivity index (χ1v) is 9.57. The van der Waals surface area contributed by atoms with Crippen molar-refractivity contribution in [2.24, 2.45) is 0 Å². The number of esters is 1.